The standard InChI is InChI=1S/C20H32N2O5S/c1-19(2,3)27-18(23)22-11-7-8-15(22)13-20(4,5)14-26-16-9-6-10-17(12-16)28(21,24)25/h6,9-10,12,15H,7-8,11,13-14H2,1-5H3,(H2,21,24,25). The SMILES string of the molecule is CC(C)(COc1cccc(S(N)(=O)=O)c1)CC1CCCN1C(=O)OC(C)(C)C. The molecule has 0 bridgehead atoms. The van der Waals surface area contributed by atoms with Crippen LogP contribution in [0.4, 0.5) is 4.79 Å². The summed E-state index contributed by atoms with van der Waals surface area (Å²) in [6.45, 7) is 10.8. The van der Waals surface area contributed by atoms with E-state index < -0.39 is 15.6 Å². The number of ether oxygens (including phenoxy) is 2. The van der Waals surface area contributed by atoms with Gasteiger partial charge in [-0.2, -0.15) is 0 Å². The number of amides is 1. The highest BCUT2D eigenvalue weighted by molar-refractivity contribution is 7.89. The molecule has 2 rings (SSSR count). The van der Waals surface area contributed by atoms with Crippen molar-refractivity contribution in [3.05, 3.63) is 24.3 Å². The van der Waals surface area contributed by atoms with E-state index in [1.54, 1.807) is 12.1 Å². The molecule has 2 N–H and O–H groups in total. The molecular weight excluding hydrogens is 380 g/mol. The van der Waals surface area contributed by atoms with Crippen LogP contribution in [-0.2, 0) is 14.8 Å². The lowest BCUT2D eigenvalue weighted by atomic mass is 9.86. The van der Waals surface area contributed by atoms with E-state index in [1.807, 2.05) is 25.7 Å². The number of likely N-dealkylation sites (tertiary alicyclic amines) is 1. The zero-order valence-electron chi connectivity index (χ0n) is 17.4. The molecule has 1 aliphatic heterocycles. The predicted molar refractivity (Wildman–Crippen MR) is 108 cm³/mol. The molecule has 1 aromatic carbocycles. The van der Waals surface area contributed by atoms with Crippen LogP contribution in [0.3, 0.4) is 0 Å². The first-order chi connectivity index (χ1) is 12.8. The van der Waals surface area contributed by atoms with E-state index in [-0.39, 0.29) is 22.4 Å². The Morgan fingerprint density at radius 1 is 1.25 bits per heavy atom. The van der Waals surface area contributed by atoms with Crippen molar-refractivity contribution in [2.24, 2.45) is 10.6 Å². The van der Waals surface area contributed by atoms with Crippen LogP contribution >= 0.6 is 0 Å². The highest BCUT2D eigenvalue weighted by Gasteiger charge is 2.36. The summed E-state index contributed by atoms with van der Waals surface area (Å²) in [5, 5.41) is 5.17. The Balaban J connectivity index is 1.98. The summed E-state index contributed by atoms with van der Waals surface area (Å²) >= 11 is 0. The van der Waals surface area contributed by atoms with Gasteiger partial charge in [0.1, 0.15) is 11.4 Å². The monoisotopic (exact) mass is 412 g/mol. The Bertz CT molecular complexity index is 799. The zero-order valence-corrected chi connectivity index (χ0v) is 18.2. The number of carbonyl (C=O) groups is 1. The fraction of sp³-hybridized carbons (Fsp3) is 0.650. The zero-order chi connectivity index (χ0) is 21.2. The molecule has 1 aliphatic rings. The second-order valence-electron chi connectivity index (χ2n) is 9.15. The quantitative estimate of drug-likeness (QED) is 0.770. The van der Waals surface area contributed by atoms with Gasteiger partial charge in [-0.05, 0) is 52.2 Å². The molecule has 8 heteroatoms. The molecule has 0 aromatic heterocycles. The van der Waals surface area contributed by atoms with Crippen LogP contribution in [-0.4, -0.2) is 44.2 Å². The number of hydrogen-bond donors (Lipinski definition) is 1. The highest BCUT2D eigenvalue weighted by Crippen LogP contribution is 2.32. The lowest BCUT2D eigenvalue weighted by Gasteiger charge is -2.33. The number of sulfonamides is 1. The van der Waals surface area contributed by atoms with Gasteiger partial charge in [0.05, 0.1) is 11.5 Å². The maximum atomic E-state index is 12.5. The fourth-order valence-corrected chi connectivity index (χ4v) is 3.87. The molecule has 1 aromatic rings. The lowest BCUT2D eigenvalue weighted by Crippen LogP contribution is -2.42. The van der Waals surface area contributed by atoms with E-state index in [4.69, 9.17) is 14.6 Å². The number of nitrogens with zero attached hydrogens (tertiary/aromatic N) is 1. The first kappa shape index (κ1) is 22.5. The molecule has 0 saturated carbocycles. The van der Waals surface area contributed by atoms with Crippen LogP contribution in [0.2, 0.25) is 0 Å². The minimum absolute atomic E-state index is 0.0229. The van der Waals surface area contributed by atoms with Gasteiger partial charge in [0.2, 0.25) is 10.0 Å². The van der Waals surface area contributed by atoms with Gasteiger partial charge in [-0.15, -0.1) is 0 Å². The summed E-state index contributed by atoms with van der Waals surface area (Å²) < 4.78 is 34.3. The van der Waals surface area contributed by atoms with Gasteiger partial charge >= 0.3 is 6.09 Å². The van der Waals surface area contributed by atoms with E-state index >= 15 is 0 Å². The average molecular weight is 413 g/mol. The number of primary sulfonamides is 1. The topological polar surface area (TPSA) is 98.9 Å². The number of nitrogens with two attached hydrogens (primary N) is 1. The Morgan fingerprint density at radius 3 is 2.54 bits per heavy atom. The molecule has 1 fully saturated rings. The van der Waals surface area contributed by atoms with E-state index in [0.29, 0.717) is 18.9 Å². The van der Waals surface area contributed by atoms with Crippen molar-refractivity contribution >= 4 is 16.1 Å². The molecule has 28 heavy (non-hydrogen) atoms. The Labute approximate surface area is 168 Å². The minimum Gasteiger partial charge on any atom is -0.493 e. The van der Waals surface area contributed by atoms with Gasteiger partial charge in [0, 0.05) is 24.1 Å². The van der Waals surface area contributed by atoms with Crippen molar-refractivity contribution in [3.63, 3.8) is 0 Å². The van der Waals surface area contributed by atoms with E-state index in [9.17, 15) is 13.2 Å². The van der Waals surface area contributed by atoms with E-state index in [0.717, 1.165) is 19.3 Å². The van der Waals surface area contributed by atoms with E-state index in [2.05, 4.69) is 13.8 Å². The van der Waals surface area contributed by atoms with Crippen molar-refractivity contribution in [3.8, 4) is 5.75 Å². The molecule has 7 nitrogen and oxygen atoms in total. The van der Waals surface area contributed by atoms with Gasteiger partial charge in [0.25, 0.3) is 0 Å². The smallest absolute Gasteiger partial charge is 0.410 e. The summed E-state index contributed by atoms with van der Waals surface area (Å²) in [4.78, 5) is 14.3. The Morgan fingerprint density at radius 2 is 1.93 bits per heavy atom. The van der Waals surface area contributed by atoms with Crippen LogP contribution in [0, 0.1) is 5.41 Å². The number of benzene rings is 1. The predicted octanol–water partition coefficient (Wildman–Crippen LogP) is 3.53. The third-order valence-electron chi connectivity index (χ3n) is 4.56. The first-order valence-corrected chi connectivity index (χ1v) is 11.1. The second-order valence-corrected chi connectivity index (χ2v) is 10.7. The third-order valence-corrected chi connectivity index (χ3v) is 5.47. The number of rotatable bonds is 6. The van der Waals surface area contributed by atoms with E-state index in [1.165, 1.54) is 12.1 Å². The van der Waals surface area contributed by atoms with Crippen molar-refractivity contribution in [2.75, 3.05) is 13.2 Å². The van der Waals surface area contributed by atoms with Gasteiger partial charge in [0.15, 0.2) is 0 Å². The normalized spacial score (nSPS) is 18.2. The Kier molecular flexibility index (Phi) is 6.66. The summed E-state index contributed by atoms with van der Waals surface area (Å²) in [5.41, 5.74) is -0.732. The maximum Gasteiger partial charge on any atom is 0.410 e. The lowest BCUT2D eigenvalue weighted by molar-refractivity contribution is 0.0175. The second kappa shape index (κ2) is 8.29. The number of carbonyl (C=O) groups excluding carboxylic acids is 1. The maximum absolute atomic E-state index is 12.5. The molecule has 1 unspecified atom stereocenters. The van der Waals surface area contributed by atoms with Crippen LogP contribution in [0.25, 0.3) is 0 Å². The van der Waals surface area contributed by atoms with Crippen LogP contribution in [0.1, 0.15) is 53.9 Å². The third kappa shape index (κ3) is 6.67. The van der Waals surface area contributed by atoms with Crippen LogP contribution < -0.4 is 9.88 Å². The largest absolute Gasteiger partial charge is 0.493 e. The molecule has 0 aliphatic carbocycles. The minimum atomic E-state index is -3.77. The molecule has 1 atom stereocenters. The number of hydrogen-bond acceptors (Lipinski definition) is 5. The summed E-state index contributed by atoms with van der Waals surface area (Å²) in [7, 11) is -3.77. The molecule has 158 valence electrons. The van der Waals surface area contributed by atoms with Gasteiger partial charge < -0.3 is 14.4 Å². The van der Waals surface area contributed by atoms with Crippen molar-refractivity contribution in [1.82, 2.24) is 4.90 Å². The fourth-order valence-electron chi connectivity index (χ4n) is 3.33. The van der Waals surface area contributed by atoms with Gasteiger partial charge in [-0.3, -0.25) is 0 Å². The summed E-state index contributed by atoms with van der Waals surface area (Å²) in [6.07, 6.45) is 2.38. The molecule has 0 spiro atoms. The van der Waals surface area contributed by atoms with Crippen molar-refractivity contribution < 1.29 is 22.7 Å². The summed E-state index contributed by atoms with van der Waals surface area (Å²) in [6, 6.07) is 6.26. The molecule has 1 saturated heterocycles. The van der Waals surface area contributed by atoms with Crippen molar-refractivity contribution in [2.45, 2.75) is 70.4 Å². The molecule has 0 radical (unpaired) electrons. The molecule has 1 amide bonds. The van der Waals surface area contributed by atoms with Gasteiger partial charge in [-0.25, -0.2) is 18.4 Å². The Hall–Kier alpha value is -1.80. The average Bonchev–Trinajstić information content (AvgIpc) is 2.98. The van der Waals surface area contributed by atoms with Crippen molar-refractivity contribution in [1.29, 1.82) is 0 Å². The van der Waals surface area contributed by atoms with Crippen LogP contribution in [0.15, 0.2) is 29.2 Å². The highest BCUT2D eigenvalue weighted by atomic mass is 32.2. The molecular formula is C20H32N2O5S. The first-order valence-electron chi connectivity index (χ1n) is 9.52. The van der Waals surface area contributed by atoms with Gasteiger partial charge in [-0.1, -0.05) is 19.9 Å². The summed E-state index contributed by atoms with van der Waals surface area (Å²) in [5.74, 6) is 0.454. The molecule has 1 heterocycles. The van der Waals surface area contributed by atoms with Crippen LogP contribution in [0.5, 0.6) is 5.75 Å².